The lowest BCUT2D eigenvalue weighted by Crippen LogP contribution is -2.41. The minimum atomic E-state index is -0.0206. The molecule has 0 amide bonds. The summed E-state index contributed by atoms with van der Waals surface area (Å²) >= 11 is 1.69. The van der Waals surface area contributed by atoms with E-state index in [0.717, 1.165) is 34.7 Å². The molecular formula is C20H30N4O2S. The van der Waals surface area contributed by atoms with E-state index < -0.39 is 0 Å². The number of hydrogen-bond acceptors (Lipinski definition) is 5. The van der Waals surface area contributed by atoms with Crippen molar-refractivity contribution >= 4 is 17.3 Å². The monoisotopic (exact) mass is 390 g/mol. The fourth-order valence-corrected chi connectivity index (χ4v) is 3.18. The molecule has 0 aliphatic heterocycles. The molecule has 1 unspecified atom stereocenters. The van der Waals surface area contributed by atoms with Crippen LogP contribution in [0.3, 0.4) is 0 Å². The maximum Gasteiger partial charge on any atom is 0.191 e. The quantitative estimate of drug-likeness (QED) is 0.504. The van der Waals surface area contributed by atoms with Crippen molar-refractivity contribution in [1.29, 1.82) is 0 Å². The minimum absolute atomic E-state index is 0.0206. The van der Waals surface area contributed by atoms with Gasteiger partial charge in [0.2, 0.25) is 0 Å². The Bertz CT molecular complexity index is 730. The van der Waals surface area contributed by atoms with Crippen molar-refractivity contribution in [1.82, 2.24) is 15.6 Å². The second-order valence-corrected chi connectivity index (χ2v) is 7.40. The maximum absolute atomic E-state index is 5.94. The van der Waals surface area contributed by atoms with Crippen molar-refractivity contribution in [2.24, 2.45) is 4.99 Å². The predicted molar refractivity (Wildman–Crippen MR) is 112 cm³/mol. The van der Waals surface area contributed by atoms with E-state index in [1.807, 2.05) is 38.1 Å². The Balaban J connectivity index is 1.88. The molecule has 1 heterocycles. The molecule has 0 saturated heterocycles. The van der Waals surface area contributed by atoms with Crippen LogP contribution in [-0.2, 0) is 6.54 Å². The fourth-order valence-electron chi connectivity index (χ4n) is 2.35. The molecule has 0 bridgehead atoms. The molecule has 0 radical (unpaired) electrons. The summed E-state index contributed by atoms with van der Waals surface area (Å²) < 4.78 is 11.2. The molecule has 2 N–H and O–H groups in total. The zero-order chi connectivity index (χ0) is 19.6. The van der Waals surface area contributed by atoms with Gasteiger partial charge < -0.3 is 20.1 Å². The van der Waals surface area contributed by atoms with Gasteiger partial charge in [-0.3, -0.25) is 0 Å². The molecule has 0 aliphatic rings. The van der Waals surface area contributed by atoms with Gasteiger partial charge >= 0.3 is 0 Å². The van der Waals surface area contributed by atoms with Gasteiger partial charge in [-0.1, -0.05) is 19.9 Å². The molecule has 1 aromatic carbocycles. The van der Waals surface area contributed by atoms with Gasteiger partial charge in [0.1, 0.15) is 17.6 Å². The van der Waals surface area contributed by atoms with Gasteiger partial charge in [-0.05, 0) is 26.0 Å². The third-order valence-corrected chi connectivity index (χ3v) is 4.94. The van der Waals surface area contributed by atoms with Crippen LogP contribution in [0, 0.1) is 0 Å². The van der Waals surface area contributed by atoms with Crippen LogP contribution < -0.4 is 20.1 Å². The molecule has 1 aromatic heterocycles. The van der Waals surface area contributed by atoms with Crippen LogP contribution in [-0.4, -0.2) is 37.2 Å². The zero-order valence-corrected chi connectivity index (χ0v) is 17.6. The number of nitrogens with one attached hydrogen (secondary N) is 2. The van der Waals surface area contributed by atoms with Crippen LogP contribution in [0.2, 0.25) is 0 Å². The van der Waals surface area contributed by atoms with E-state index in [9.17, 15) is 0 Å². The number of ether oxygens (including phenoxy) is 2. The minimum Gasteiger partial charge on any atom is -0.497 e. The normalized spacial score (nSPS) is 12.7. The van der Waals surface area contributed by atoms with Crippen LogP contribution in [0.15, 0.2) is 34.6 Å². The van der Waals surface area contributed by atoms with Crippen LogP contribution >= 0.6 is 11.3 Å². The summed E-state index contributed by atoms with van der Waals surface area (Å²) in [5.74, 6) is 2.78. The second kappa shape index (κ2) is 10.8. The van der Waals surface area contributed by atoms with Crippen LogP contribution in [0.5, 0.6) is 11.5 Å². The molecule has 0 aliphatic carbocycles. The Morgan fingerprint density at radius 3 is 2.67 bits per heavy atom. The van der Waals surface area contributed by atoms with Crippen molar-refractivity contribution in [3.8, 4) is 11.5 Å². The first-order valence-corrected chi connectivity index (χ1v) is 10.2. The smallest absolute Gasteiger partial charge is 0.191 e. The molecule has 2 rings (SSSR count). The van der Waals surface area contributed by atoms with E-state index >= 15 is 0 Å². The standard InChI is InChI=1S/C20H30N4O2S/c1-6-21-20(23-12-16-13-27-19(24-16)14(2)3)22-11-15(4)26-18-9-7-8-17(10-18)25-5/h7-10,13-15H,6,11-12H2,1-5H3,(H2,21,22,23). The summed E-state index contributed by atoms with van der Waals surface area (Å²) in [6.07, 6.45) is -0.0206. The van der Waals surface area contributed by atoms with Gasteiger partial charge in [0.25, 0.3) is 0 Å². The number of aromatic nitrogens is 1. The summed E-state index contributed by atoms with van der Waals surface area (Å²) in [5, 5.41) is 9.82. The van der Waals surface area contributed by atoms with E-state index in [-0.39, 0.29) is 6.10 Å². The second-order valence-electron chi connectivity index (χ2n) is 6.52. The van der Waals surface area contributed by atoms with Gasteiger partial charge in [0.05, 0.1) is 30.9 Å². The highest BCUT2D eigenvalue weighted by Crippen LogP contribution is 2.20. The number of hydrogen-bond donors (Lipinski definition) is 2. The van der Waals surface area contributed by atoms with E-state index in [1.54, 1.807) is 18.4 Å². The third kappa shape index (κ3) is 7.09. The topological polar surface area (TPSA) is 67.8 Å². The lowest BCUT2D eigenvalue weighted by molar-refractivity contribution is 0.223. The number of rotatable bonds is 9. The maximum atomic E-state index is 5.94. The Morgan fingerprint density at radius 1 is 1.22 bits per heavy atom. The Kier molecular flexibility index (Phi) is 8.39. The molecule has 148 valence electrons. The summed E-state index contributed by atoms with van der Waals surface area (Å²) in [4.78, 5) is 9.25. The molecule has 7 heteroatoms. The van der Waals surface area contributed by atoms with Gasteiger partial charge in [-0.15, -0.1) is 11.3 Å². The van der Waals surface area contributed by atoms with Crippen molar-refractivity contribution in [2.75, 3.05) is 20.2 Å². The largest absolute Gasteiger partial charge is 0.497 e. The van der Waals surface area contributed by atoms with E-state index in [4.69, 9.17) is 9.47 Å². The van der Waals surface area contributed by atoms with Crippen molar-refractivity contribution < 1.29 is 9.47 Å². The number of benzene rings is 1. The molecule has 1 atom stereocenters. The van der Waals surface area contributed by atoms with Crippen molar-refractivity contribution in [2.45, 2.75) is 46.3 Å². The molecule has 0 fully saturated rings. The summed E-state index contributed by atoms with van der Waals surface area (Å²) in [6, 6.07) is 7.62. The van der Waals surface area contributed by atoms with E-state index in [1.165, 1.54) is 0 Å². The number of guanidine groups is 1. The SMILES string of the molecule is CCNC(=NCc1csc(C(C)C)n1)NCC(C)Oc1cccc(OC)c1. The first-order chi connectivity index (χ1) is 13.0. The van der Waals surface area contributed by atoms with Gasteiger partial charge in [0.15, 0.2) is 5.96 Å². The lowest BCUT2D eigenvalue weighted by Gasteiger charge is -2.18. The van der Waals surface area contributed by atoms with Gasteiger partial charge in [-0.2, -0.15) is 0 Å². The Labute approximate surface area is 166 Å². The first-order valence-electron chi connectivity index (χ1n) is 9.29. The molecule has 6 nitrogen and oxygen atoms in total. The number of thiazole rings is 1. The van der Waals surface area contributed by atoms with E-state index in [0.29, 0.717) is 19.0 Å². The van der Waals surface area contributed by atoms with Gasteiger partial charge in [-0.25, -0.2) is 9.98 Å². The van der Waals surface area contributed by atoms with Crippen LogP contribution in [0.25, 0.3) is 0 Å². The molecule has 0 saturated carbocycles. The van der Waals surface area contributed by atoms with Crippen molar-refractivity contribution in [3.05, 3.63) is 40.3 Å². The average Bonchev–Trinajstić information content (AvgIpc) is 3.13. The molecule has 2 aromatic rings. The highest BCUT2D eigenvalue weighted by atomic mass is 32.1. The number of aliphatic imine (C=N–C) groups is 1. The fraction of sp³-hybridized carbons (Fsp3) is 0.500. The van der Waals surface area contributed by atoms with Crippen LogP contribution in [0.1, 0.15) is 44.3 Å². The first kappa shape index (κ1) is 21.0. The average molecular weight is 391 g/mol. The molecule has 27 heavy (non-hydrogen) atoms. The number of nitrogens with zero attached hydrogens (tertiary/aromatic N) is 2. The highest BCUT2D eigenvalue weighted by molar-refractivity contribution is 7.09. The Morgan fingerprint density at radius 2 is 2.00 bits per heavy atom. The zero-order valence-electron chi connectivity index (χ0n) is 16.8. The van der Waals surface area contributed by atoms with Crippen LogP contribution in [0.4, 0.5) is 0 Å². The Hall–Kier alpha value is -2.28. The van der Waals surface area contributed by atoms with E-state index in [2.05, 4.69) is 39.8 Å². The third-order valence-electron chi connectivity index (χ3n) is 3.74. The highest BCUT2D eigenvalue weighted by Gasteiger charge is 2.08. The molecule has 0 spiro atoms. The van der Waals surface area contributed by atoms with Gasteiger partial charge in [0, 0.05) is 23.9 Å². The summed E-state index contributed by atoms with van der Waals surface area (Å²) in [6.45, 7) is 10.4. The van der Waals surface area contributed by atoms with Crippen molar-refractivity contribution in [3.63, 3.8) is 0 Å². The molecular weight excluding hydrogens is 360 g/mol. The summed E-state index contributed by atoms with van der Waals surface area (Å²) in [5.41, 5.74) is 1.00. The predicted octanol–water partition coefficient (Wildman–Crippen LogP) is 3.80. The lowest BCUT2D eigenvalue weighted by atomic mass is 10.2. The summed E-state index contributed by atoms with van der Waals surface area (Å²) in [7, 11) is 1.65. The number of methoxy groups -OCH3 is 1.